The van der Waals surface area contributed by atoms with Gasteiger partial charge in [-0.3, -0.25) is 4.98 Å². The van der Waals surface area contributed by atoms with Gasteiger partial charge in [0.15, 0.2) is 6.10 Å². The van der Waals surface area contributed by atoms with Gasteiger partial charge in [0.25, 0.3) is 0 Å². The molecule has 0 saturated heterocycles. The summed E-state index contributed by atoms with van der Waals surface area (Å²) in [5.41, 5.74) is -0.169. The molecule has 1 N–H and O–H groups in total. The van der Waals surface area contributed by atoms with E-state index in [0.29, 0.717) is 4.47 Å². The Hall–Kier alpha value is -1.08. The van der Waals surface area contributed by atoms with Crippen molar-refractivity contribution >= 4 is 21.9 Å². The van der Waals surface area contributed by atoms with Crippen LogP contribution in [-0.2, 0) is 9.53 Å². The van der Waals surface area contributed by atoms with Crippen LogP contribution in [0.3, 0.4) is 0 Å². The van der Waals surface area contributed by atoms with Crippen LogP contribution in [0.1, 0.15) is 18.6 Å². The van der Waals surface area contributed by atoms with E-state index in [1.807, 2.05) is 0 Å². The first-order valence-electron chi connectivity index (χ1n) is 4.73. The number of carbonyl (C=O) groups is 1. The van der Waals surface area contributed by atoms with E-state index in [2.05, 4.69) is 25.7 Å². The highest BCUT2D eigenvalue weighted by atomic mass is 79.9. The molecular formula is C10H10BrF2NO3. The fourth-order valence-corrected chi connectivity index (χ4v) is 1.51. The van der Waals surface area contributed by atoms with Gasteiger partial charge in [-0.1, -0.05) is 0 Å². The van der Waals surface area contributed by atoms with Crippen molar-refractivity contribution in [1.29, 1.82) is 0 Å². The van der Waals surface area contributed by atoms with Crippen molar-refractivity contribution in [3.8, 4) is 0 Å². The van der Waals surface area contributed by atoms with Crippen molar-refractivity contribution < 1.29 is 23.4 Å². The number of rotatable bonds is 4. The van der Waals surface area contributed by atoms with Gasteiger partial charge in [-0.15, -0.1) is 0 Å². The maximum atomic E-state index is 13.4. The molecule has 1 heterocycles. The average molecular weight is 310 g/mol. The normalized spacial score (nSPS) is 13.2. The largest absolute Gasteiger partial charge is 0.461 e. The van der Waals surface area contributed by atoms with Gasteiger partial charge in [0.1, 0.15) is 0 Å². The number of nitrogens with zero attached hydrogens (tertiary/aromatic N) is 1. The predicted molar refractivity (Wildman–Crippen MR) is 58.5 cm³/mol. The zero-order valence-electron chi connectivity index (χ0n) is 8.86. The van der Waals surface area contributed by atoms with E-state index in [0.717, 1.165) is 6.20 Å². The minimum atomic E-state index is -4.00. The van der Waals surface area contributed by atoms with Crippen LogP contribution in [0.4, 0.5) is 8.78 Å². The lowest BCUT2D eigenvalue weighted by atomic mass is 10.1. The van der Waals surface area contributed by atoms with Gasteiger partial charge in [0.2, 0.25) is 0 Å². The molecule has 0 radical (unpaired) electrons. The first kappa shape index (κ1) is 14.0. The summed E-state index contributed by atoms with van der Waals surface area (Å²) in [6, 6.07) is 1.25. The molecule has 1 rings (SSSR count). The number of aliphatic hydroxyl groups excluding tert-OH is 1. The Morgan fingerprint density at radius 1 is 1.65 bits per heavy atom. The summed E-state index contributed by atoms with van der Waals surface area (Å²) in [4.78, 5) is 14.6. The number of pyridine rings is 1. The number of carbonyl (C=O) groups excluding carboxylic acids is 1. The van der Waals surface area contributed by atoms with Gasteiger partial charge in [-0.2, -0.15) is 8.78 Å². The Morgan fingerprint density at radius 3 is 2.82 bits per heavy atom. The fraction of sp³-hybridized carbons (Fsp3) is 0.400. The summed E-state index contributed by atoms with van der Waals surface area (Å²) in [6.07, 6.45) is 0.146. The van der Waals surface area contributed by atoms with Gasteiger partial charge in [0, 0.05) is 22.4 Å². The lowest BCUT2D eigenvalue weighted by Crippen LogP contribution is -2.37. The number of halogens is 3. The zero-order chi connectivity index (χ0) is 13.1. The average Bonchev–Trinajstić information content (AvgIpc) is 2.28. The molecule has 0 saturated carbocycles. The van der Waals surface area contributed by atoms with Crippen molar-refractivity contribution in [3.63, 3.8) is 0 Å². The molecule has 0 spiro atoms. The Morgan fingerprint density at radius 2 is 2.29 bits per heavy atom. The highest BCUT2D eigenvalue weighted by Crippen LogP contribution is 2.33. The number of aliphatic hydroxyl groups is 1. The molecule has 4 nitrogen and oxygen atoms in total. The van der Waals surface area contributed by atoms with Gasteiger partial charge in [0.05, 0.1) is 6.61 Å². The summed E-state index contributed by atoms with van der Waals surface area (Å²) < 4.78 is 31.5. The molecule has 0 aliphatic carbocycles. The summed E-state index contributed by atoms with van der Waals surface area (Å²) in [5, 5.41) is 9.46. The molecular weight excluding hydrogens is 300 g/mol. The molecule has 0 aliphatic rings. The van der Waals surface area contributed by atoms with E-state index in [9.17, 15) is 18.7 Å². The molecule has 17 heavy (non-hydrogen) atoms. The lowest BCUT2D eigenvalue weighted by Gasteiger charge is -2.20. The SMILES string of the molecule is CCOC(=O)C(F)(F)C(O)c1cncc(Br)c1. The predicted octanol–water partition coefficient (Wildman–Crippen LogP) is 2.08. The maximum Gasteiger partial charge on any atom is 0.380 e. The number of aromatic nitrogens is 1. The fourth-order valence-electron chi connectivity index (χ4n) is 1.13. The van der Waals surface area contributed by atoms with Crippen LogP contribution >= 0.6 is 15.9 Å². The number of hydrogen-bond acceptors (Lipinski definition) is 4. The summed E-state index contributed by atoms with van der Waals surface area (Å²) in [7, 11) is 0. The van der Waals surface area contributed by atoms with Crippen LogP contribution in [0.2, 0.25) is 0 Å². The minimum absolute atomic E-state index is 0.169. The quantitative estimate of drug-likeness (QED) is 0.865. The van der Waals surface area contributed by atoms with E-state index in [1.54, 1.807) is 0 Å². The third-order valence-corrected chi connectivity index (χ3v) is 2.37. The Kier molecular flexibility index (Phi) is 4.53. The number of hydrogen-bond donors (Lipinski definition) is 1. The highest BCUT2D eigenvalue weighted by Gasteiger charge is 2.49. The molecule has 94 valence electrons. The topological polar surface area (TPSA) is 59.4 Å². The molecule has 7 heteroatoms. The van der Waals surface area contributed by atoms with E-state index in [-0.39, 0.29) is 12.2 Å². The molecule has 1 unspecified atom stereocenters. The first-order valence-corrected chi connectivity index (χ1v) is 5.52. The van der Waals surface area contributed by atoms with E-state index < -0.39 is 18.0 Å². The number of alkyl halides is 2. The van der Waals surface area contributed by atoms with E-state index >= 15 is 0 Å². The third kappa shape index (κ3) is 3.19. The minimum Gasteiger partial charge on any atom is -0.461 e. The monoisotopic (exact) mass is 309 g/mol. The summed E-state index contributed by atoms with van der Waals surface area (Å²) >= 11 is 3.03. The van der Waals surface area contributed by atoms with Gasteiger partial charge in [-0.25, -0.2) is 4.79 Å². The summed E-state index contributed by atoms with van der Waals surface area (Å²) in [6.45, 7) is 1.22. The molecule has 0 fully saturated rings. The van der Waals surface area contributed by atoms with Crippen molar-refractivity contribution in [2.45, 2.75) is 19.0 Å². The van der Waals surface area contributed by atoms with Gasteiger partial charge in [-0.05, 0) is 28.9 Å². The van der Waals surface area contributed by atoms with Crippen LogP contribution in [0, 0.1) is 0 Å². The molecule has 0 amide bonds. The van der Waals surface area contributed by atoms with Crippen molar-refractivity contribution in [2.75, 3.05) is 6.61 Å². The summed E-state index contributed by atoms with van der Waals surface area (Å²) in [5.74, 6) is -5.76. The highest BCUT2D eigenvalue weighted by molar-refractivity contribution is 9.10. The second-order valence-electron chi connectivity index (χ2n) is 3.18. The van der Waals surface area contributed by atoms with Crippen LogP contribution < -0.4 is 0 Å². The van der Waals surface area contributed by atoms with Crippen LogP contribution in [0.5, 0.6) is 0 Å². The number of ether oxygens (including phenoxy) is 1. The molecule has 0 bridgehead atoms. The van der Waals surface area contributed by atoms with Crippen molar-refractivity contribution in [3.05, 3.63) is 28.5 Å². The standard InChI is InChI=1S/C10H10BrF2NO3/c1-2-17-9(16)10(12,13)8(15)6-3-7(11)5-14-4-6/h3-5,8,15H,2H2,1H3. The maximum absolute atomic E-state index is 13.4. The molecule has 0 aromatic carbocycles. The number of esters is 1. The van der Waals surface area contributed by atoms with Crippen LogP contribution in [-0.4, -0.2) is 28.6 Å². The van der Waals surface area contributed by atoms with Crippen molar-refractivity contribution in [1.82, 2.24) is 4.98 Å². The van der Waals surface area contributed by atoms with Crippen LogP contribution in [0.25, 0.3) is 0 Å². The van der Waals surface area contributed by atoms with Crippen LogP contribution in [0.15, 0.2) is 22.9 Å². The molecule has 0 aliphatic heterocycles. The second kappa shape index (κ2) is 5.50. The van der Waals surface area contributed by atoms with Gasteiger partial charge < -0.3 is 9.84 Å². The second-order valence-corrected chi connectivity index (χ2v) is 4.10. The third-order valence-electron chi connectivity index (χ3n) is 1.93. The Labute approximate surface area is 105 Å². The van der Waals surface area contributed by atoms with Gasteiger partial charge >= 0.3 is 11.9 Å². The molecule has 1 aromatic rings. The lowest BCUT2D eigenvalue weighted by molar-refractivity contribution is -0.189. The molecule has 1 atom stereocenters. The molecule has 1 aromatic heterocycles. The van der Waals surface area contributed by atoms with E-state index in [1.165, 1.54) is 19.2 Å². The Bertz CT molecular complexity index is 414. The van der Waals surface area contributed by atoms with E-state index in [4.69, 9.17) is 0 Å². The zero-order valence-corrected chi connectivity index (χ0v) is 10.4. The van der Waals surface area contributed by atoms with Crippen molar-refractivity contribution in [2.24, 2.45) is 0 Å². The smallest absolute Gasteiger partial charge is 0.380 e. The first-order chi connectivity index (χ1) is 7.89. The Balaban J connectivity index is 2.95.